The average molecular weight is 1960 g/mol. The molecule has 2 fully saturated rings. The Morgan fingerprint density at radius 3 is 0.818 bits per heavy atom. The van der Waals surface area contributed by atoms with Gasteiger partial charge in [0.1, 0.15) is 37.6 Å². The second-order valence-corrected chi connectivity index (χ2v) is 41.4. The first-order chi connectivity index (χ1) is 64.6. The summed E-state index contributed by atoms with van der Waals surface area (Å²) < 4.78 is 93.0. The van der Waals surface area contributed by atoms with Gasteiger partial charge < -0.3 is 57.7 Å². The molecular formula is C111H177NO23P2. The molecule has 1 amide bonds. The third-order valence-electron chi connectivity index (χ3n) is 24.0. The van der Waals surface area contributed by atoms with E-state index in [0.717, 1.165) is 235 Å². The van der Waals surface area contributed by atoms with E-state index in [1.165, 1.54) is 102 Å². The van der Waals surface area contributed by atoms with E-state index in [1.54, 1.807) is 0 Å². The predicted molar refractivity (Wildman–Crippen MR) is 550 cm³/mol. The maximum Gasteiger partial charge on any atom is 0.483 e. The van der Waals surface area contributed by atoms with Crippen molar-refractivity contribution in [1.82, 2.24) is 5.32 Å². The molecule has 137 heavy (non-hydrogen) atoms. The smallest absolute Gasteiger partial charge is 0.463 e. The molecule has 0 radical (unpaired) electrons. The Morgan fingerprint density at radius 2 is 0.547 bits per heavy atom. The first-order valence-corrected chi connectivity index (χ1v) is 53.0. The number of rotatable bonds is 67. The zero-order chi connectivity index (χ0) is 103. The summed E-state index contributed by atoms with van der Waals surface area (Å²) in [6.45, 7) is 45.2. The highest BCUT2D eigenvalue weighted by molar-refractivity contribution is 7.61. The summed E-state index contributed by atoms with van der Waals surface area (Å²) in [5, 5.41) is 2.37. The number of nitrogens with one attached hydrogen (secondary N) is 1. The van der Waals surface area contributed by atoms with Crippen molar-refractivity contribution in [3.63, 3.8) is 0 Å². The molecule has 24 nitrogen and oxygen atoms in total. The van der Waals surface area contributed by atoms with E-state index in [2.05, 4.69) is 225 Å². The molecule has 2 heterocycles. The lowest BCUT2D eigenvalue weighted by atomic mass is 9.95. The van der Waals surface area contributed by atoms with Gasteiger partial charge in [-0.3, -0.25) is 42.6 Å². The van der Waals surface area contributed by atoms with Crippen LogP contribution in [0.5, 0.6) is 0 Å². The molecule has 0 aromatic carbocycles. The fourth-order valence-electron chi connectivity index (χ4n) is 15.9. The minimum absolute atomic E-state index is 0.0320. The third kappa shape index (κ3) is 62.9. The molecule has 2 unspecified atom stereocenters. The molecule has 0 aliphatic carbocycles. The Bertz CT molecular complexity index is 4370. The van der Waals surface area contributed by atoms with Crippen molar-refractivity contribution < 1.29 is 108 Å². The van der Waals surface area contributed by atoms with E-state index in [1.807, 2.05) is 6.92 Å². The van der Waals surface area contributed by atoms with Gasteiger partial charge in [0.25, 0.3) is 0 Å². The van der Waals surface area contributed by atoms with Crippen LogP contribution in [0.4, 0.5) is 0 Å². The molecule has 0 saturated carbocycles. The fraction of sp³-hybridized carbons (Fsp3) is 0.649. The van der Waals surface area contributed by atoms with E-state index in [-0.39, 0.29) is 18.9 Å². The molecular weight excluding hydrogens is 1780 g/mol. The minimum atomic E-state index is -5.82. The number of allylic oxidation sites excluding steroid dienone is 32. The summed E-state index contributed by atoms with van der Waals surface area (Å²) in [6.07, 6.45) is 56.4. The van der Waals surface area contributed by atoms with Crippen molar-refractivity contribution in [2.75, 3.05) is 19.8 Å². The molecule has 0 aromatic rings. The molecule has 2 rings (SSSR count). The molecule has 774 valence electrons. The summed E-state index contributed by atoms with van der Waals surface area (Å²) in [7, 11) is -11.2. The van der Waals surface area contributed by atoms with Gasteiger partial charge in [-0.25, -0.2) is 9.13 Å². The van der Waals surface area contributed by atoms with Crippen LogP contribution in [-0.2, 0) is 98.7 Å². The molecule has 2 aliphatic heterocycles. The molecule has 2 saturated heterocycles. The second-order valence-electron chi connectivity index (χ2n) is 38.4. The Hall–Kier alpha value is -7.73. The molecule has 3 N–H and O–H groups in total. The van der Waals surface area contributed by atoms with Crippen molar-refractivity contribution >= 4 is 57.4 Å². The van der Waals surface area contributed by atoms with E-state index in [0.29, 0.717) is 6.42 Å². The van der Waals surface area contributed by atoms with E-state index >= 15 is 0 Å². The first-order valence-electron chi connectivity index (χ1n) is 50.0. The van der Waals surface area contributed by atoms with Crippen LogP contribution >= 0.6 is 15.6 Å². The summed E-state index contributed by atoms with van der Waals surface area (Å²) in [4.78, 5) is 110. The standard InChI is InChI=1S/C111H177NO23P2/c1-78(2)42-26-43-79(3)44-27-45-80(4)46-28-47-81(5)48-29-49-82(6)50-30-51-83(7)52-31-53-84(8)54-32-55-85(9)56-33-57-86(10)58-34-59-87(11)60-35-61-88(12)62-36-63-89(13)64-37-65-90(14)66-38-67-91(15)68-39-69-92(16)70-40-71-93(17)72-41-73-94(18)74-75-126-136(120,121)135-137(122,123)134-110-104(112-95(19)113)107(128-99(23)117)105(102(131-110)76-124-96(20)114)133-111-109(130-101(25)119)108(129-100(24)118)106(127-98(22)116)103(132-111)77-125-97(21)115/h42,44,46,48,50,52,54,56,58,60,62,64,66,68,70,72,94,102-111H,26-41,43,45,47,49,51,53,55,57,59,61,63,65,67,69,71,73-77H2,1-25H3,(H,112,113)(H,120,121)(H,122,123)/b79-44+,80-46+,81-48-,82-50-,83-52-,84-54-,85-56-,86-58-,87-60-,88-62-,89-64-,90-66-,91-68-,92-70-,93-72-/t94-,102+,103+,104+,105+,106+,107+,108-,109+,110+,111-/m0/s1. The SMILES string of the molecule is CC(=O)N[C@H]1[C@@H](OP(=O)(O)OP(=O)(O)OCC[C@@H](C)CC/C=C(/C)CC/C=C(/C)CC/C=C(/C)CC/C=C(/C)CC/C=C(/C)CC/C=C(/C)CC/C=C(/C)CC/C=C(/C)CC/C=C(/C)CC/C=C(/C)CC/C=C(/C)CC/C=C(/C)CC/C=C(/C)CC/C=C(\C)CC/C=C(\C)CCC=C(C)C)O[C@H](COC(C)=O)[C@@H](O[C@@H]2O[C@H](COC(C)=O)[C@@H](OC(C)=O)[C@H](OC(C)=O)[C@H]2OC(C)=O)[C@@H]1OC(C)=O. The maximum absolute atomic E-state index is 13.7. The summed E-state index contributed by atoms with van der Waals surface area (Å²) >= 11 is 0. The zero-order valence-electron chi connectivity index (χ0n) is 88.4. The molecule has 2 aliphatic rings. The fourth-order valence-corrected chi connectivity index (χ4v) is 18.0. The molecule has 0 spiro atoms. The normalized spacial score (nSPS) is 21.5. The van der Waals surface area contributed by atoms with Gasteiger partial charge in [0.2, 0.25) is 5.91 Å². The zero-order valence-corrected chi connectivity index (χ0v) is 90.2. The van der Waals surface area contributed by atoms with Gasteiger partial charge in [-0.1, -0.05) is 193 Å². The van der Waals surface area contributed by atoms with Gasteiger partial charge in [0, 0.05) is 48.5 Å². The Labute approximate surface area is 825 Å². The second kappa shape index (κ2) is 70.8. The predicted octanol–water partition coefficient (Wildman–Crippen LogP) is 28.1. The Morgan fingerprint density at radius 1 is 0.299 bits per heavy atom. The molecule has 0 aromatic heterocycles. The number of hydrogen-bond acceptors (Lipinski definition) is 21. The number of carbonyl (C=O) groups excluding carboxylic acids is 7. The van der Waals surface area contributed by atoms with Crippen LogP contribution in [0.15, 0.2) is 186 Å². The van der Waals surface area contributed by atoms with Crippen LogP contribution in [0.2, 0.25) is 0 Å². The van der Waals surface area contributed by atoms with Crippen molar-refractivity contribution in [2.45, 2.75) is 446 Å². The number of carbonyl (C=O) groups is 7. The topological polar surface area (TPSA) is 317 Å². The number of hydrogen-bond donors (Lipinski definition) is 3. The number of phosphoric ester groups is 2. The minimum Gasteiger partial charge on any atom is -0.463 e. The molecule has 13 atom stereocenters. The van der Waals surface area contributed by atoms with Gasteiger partial charge in [0.05, 0.1) is 6.61 Å². The van der Waals surface area contributed by atoms with Crippen LogP contribution in [-0.4, -0.2) is 133 Å². The van der Waals surface area contributed by atoms with E-state index in [4.69, 9.17) is 51.7 Å². The van der Waals surface area contributed by atoms with Gasteiger partial charge in [-0.2, -0.15) is 4.31 Å². The molecule has 0 bridgehead atoms. The largest absolute Gasteiger partial charge is 0.483 e. The van der Waals surface area contributed by atoms with Gasteiger partial charge >= 0.3 is 51.5 Å². The van der Waals surface area contributed by atoms with Crippen LogP contribution in [0.1, 0.15) is 385 Å². The molecule has 26 heteroatoms. The van der Waals surface area contributed by atoms with Gasteiger partial charge in [0.15, 0.2) is 37.0 Å². The van der Waals surface area contributed by atoms with Crippen molar-refractivity contribution in [3.05, 3.63) is 186 Å². The Kier molecular flexibility index (Phi) is 64.8. The van der Waals surface area contributed by atoms with Crippen molar-refractivity contribution in [1.29, 1.82) is 0 Å². The third-order valence-corrected chi connectivity index (χ3v) is 26.6. The lowest BCUT2D eigenvalue weighted by molar-refractivity contribution is -0.346. The highest BCUT2D eigenvalue weighted by atomic mass is 31.3. The van der Waals surface area contributed by atoms with Crippen LogP contribution < -0.4 is 5.32 Å². The van der Waals surface area contributed by atoms with Crippen molar-refractivity contribution in [3.8, 4) is 0 Å². The van der Waals surface area contributed by atoms with Crippen LogP contribution in [0, 0.1) is 5.92 Å². The van der Waals surface area contributed by atoms with E-state index in [9.17, 15) is 52.5 Å². The Balaban J connectivity index is 1.74. The highest BCUT2D eigenvalue weighted by Crippen LogP contribution is 2.61. The lowest BCUT2D eigenvalue weighted by Crippen LogP contribution is -2.69. The van der Waals surface area contributed by atoms with Crippen LogP contribution in [0.3, 0.4) is 0 Å². The average Bonchev–Trinajstić information content (AvgIpc) is 0.760. The highest BCUT2D eigenvalue weighted by Gasteiger charge is 2.58. The van der Waals surface area contributed by atoms with Gasteiger partial charge in [-0.15, -0.1) is 0 Å². The number of esters is 6. The monoisotopic (exact) mass is 1950 g/mol. The summed E-state index contributed by atoms with van der Waals surface area (Å²) in [5.74, 6) is -6.66. The summed E-state index contributed by atoms with van der Waals surface area (Å²) in [5.41, 5.74) is 23.3. The number of phosphoric acid groups is 2. The first kappa shape index (κ1) is 125. The quantitative estimate of drug-likeness (QED) is 0.0220. The van der Waals surface area contributed by atoms with E-state index < -0.39 is 132 Å². The summed E-state index contributed by atoms with van der Waals surface area (Å²) in [6, 6.07) is -1.91. The number of amides is 1. The van der Waals surface area contributed by atoms with Crippen LogP contribution in [0.25, 0.3) is 0 Å². The number of ether oxygens (including phenoxy) is 9. The lowest BCUT2D eigenvalue weighted by Gasteiger charge is -2.49. The van der Waals surface area contributed by atoms with Gasteiger partial charge in [-0.05, 0) is 336 Å². The van der Waals surface area contributed by atoms with Crippen molar-refractivity contribution in [2.24, 2.45) is 5.92 Å². The maximum atomic E-state index is 13.7.